The van der Waals surface area contributed by atoms with Gasteiger partial charge >= 0.3 is 0 Å². The van der Waals surface area contributed by atoms with Gasteiger partial charge in [0, 0.05) is 49.3 Å². The van der Waals surface area contributed by atoms with Gasteiger partial charge in [-0.1, -0.05) is 30.3 Å². The summed E-state index contributed by atoms with van der Waals surface area (Å²) in [5.74, 6) is 0. The van der Waals surface area contributed by atoms with Crippen molar-refractivity contribution in [2.24, 2.45) is 0 Å². The third kappa shape index (κ3) is 2.89. The average Bonchev–Trinajstić information content (AvgIpc) is 3.23. The number of hydrogen-bond acceptors (Lipinski definition) is 4. The van der Waals surface area contributed by atoms with E-state index in [1.807, 2.05) is 11.7 Å². The molecule has 2 aromatic rings. The molecule has 4 rings (SSSR count). The van der Waals surface area contributed by atoms with Crippen molar-refractivity contribution in [3.05, 3.63) is 52.5 Å². The van der Waals surface area contributed by atoms with Gasteiger partial charge in [-0.3, -0.25) is 14.8 Å². The summed E-state index contributed by atoms with van der Waals surface area (Å²) in [4.78, 5) is 10.9. The Balaban J connectivity index is 1.31. The smallest absolute Gasteiger partial charge is 0.0794 e. The molecule has 1 aromatic carbocycles. The summed E-state index contributed by atoms with van der Waals surface area (Å²) in [5, 5.41) is 0. The maximum absolute atomic E-state index is 4.17. The third-order valence-corrected chi connectivity index (χ3v) is 5.66. The Kier molecular flexibility index (Phi) is 3.76. The van der Waals surface area contributed by atoms with Crippen molar-refractivity contribution >= 4 is 11.3 Å². The highest BCUT2D eigenvalue weighted by atomic mass is 32.1. The van der Waals surface area contributed by atoms with E-state index in [0.717, 1.165) is 25.0 Å². The van der Waals surface area contributed by atoms with E-state index in [1.54, 1.807) is 11.3 Å². The third-order valence-electron chi connectivity index (χ3n) is 4.82. The van der Waals surface area contributed by atoms with E-state index in [0.29, 0.717) is 0 Å². The molecule has 21 heavy (non-hydrogen) atoms. The van der Waals surface area contributed by atoms with Crippen molar-refractivity contribution in [2.45, 2.75) is 31.5 Å². The van der Waals surface area contributed by atoms with Crippen LogP contribution in [0.3, 0.4) is 0 Å². The molecule has 0 aliphatic carbocycles. The van der Waals surface area contributed by atoms with Crippen LogP contribution in [0.1, 0.15) is 16.9 Å². The average molecular weight is 299 g/mol. The van der Waals surface area contributed by atoms with Crippen LogP contribution < -0.4 is 0 Å². The molecule has 4 heteroatoms. The van der Waals surface area contributed by atoms with Gasteiger partial charge in [-0.15, -0.1) is 11.3 Å². The van der Waals surface area contributed by atoms with E-state index in [2.05, 4.69) is 45.1 Å². The lowest BCUT2D eigenvalue weighted by Crippen LogP contribution is -2.46. The van der Waals surface area contributed by atoms with E-state index in [9.17, 15) is 0 Å². The summed E-state index contributed by atoms with van der Waals surface area (Å²) < 4.78 is 0. The van der Waals surface area contributed by atoms with Crippen LogP contribution in [0.15, 0.2) is 42.0 Å². The van der Waals surface area contributed by atoms with Gasteiger partial charge in [-0.2, -0.15) is 0 Å². The fraction of sp³-hybridized carbons (Fsp3) is 0.471. The second-order valence-electron chi connectivity index (χ2n) is 6.17. The molecule has 2 aliphatic heterocycles. The normalized spacial score (nSPS) is 25.7. The van der Waals surface area contributed by atoms with Gasteiger partial charge in [0.15, 0.2) is 0 Å². The Bertz CT molecular complexity index is 569. The number of rotatable bonds is 5. The number of aromatic nitrogens is 1. The van der Waals surface area contributed by atoms with Crippen LogP contribution in [-0.2, 0) is 13.0 Å². The highest BCUT2D eigenvalue weighted by Gasteiger charge is 2.42. The molecule has 110 valence electrons. The standard InChI is InChI=1S/C17H21N3S/c1-2-4-14(5-3-1)10-20-12-15-8-16(20)11-19(15)7-6-17-9-18-13-21-17/h1-5,9,13,15-16H,6-8,10-12H2/t15-,16-/m0/s1. The molecule has 0 unspecified atom stereocenters. The molecule has 2 fully saturated rings. The molecule has 2 atom stereocenters. The Hall–Kier alpha value is -1.23. The van der Waals surface area contributed by atoms with Crippen LogP contribution in [0.4, 0.5) is 0 Å². The summed E-state index contributed by atoms with van der Waals surface area (Å²) in [7, 11) is 0. The van der Waals surface area contributed by atoms with Gasteiger partial charge in [0.1, 0.15) is 0 Å². The van der Waals surface area contributed by atoms with E-state index in [4.69, 9.17) is 0 Å². The molecule has 2 aliphatic rings. The second-order valence-corrected chi connectivity index (χ2v) is 7.14. The van der Waals surface area contributed by atoms with Crippen molar-refractivity contribution in [3.8, 4) is 0 Å². The second kappa shape index (κ2) is 5.87. The van der Waals surface area contributed by atoms with Crippen molar-refractivity contribution < 1.29 is 0 Å². The minimum atomic E-state index is 0.761. The molecule has 2 bridgehead atoms. The SMILES string of the molecule is c1ccc(CN2C[C@@H]3C[C@H]2CN3CCc2cncs2)cc1. The van der Waals surface area contributed by atoms with Crippen LogP contribution in [0, 0.1) is 0 Å². The first-order chi connectivity index (χ1) is 10.4. The highest BCUT2D eigenvalue weighted by molar-refractivity contribution is 7.09. The predicted molar refractivity (Wildman–Crippen MR) is 86.4 cm³/mol. The Labute approximate surface area is 130 Å². The molecular weight excluding hydrogens is 278 g/mol. The van der Waals surface area contributed by atoms with Crippen LogP contribution in [-0.4, -0.2) is 46.5 Å². The number of likely N-dealkylation sites (tertiary alicyclic amines) is 2. The number of hydrogen-bond donors (Lipinski definition) is 0. The van der Waals surface area contributed by atoms with Crippen molar-refractivity contribution in [1.29, 1.82) is 0 Å². The van der Waals surface area contributed by atoms with Crippen LogP contribution in [0.25, 0.3) is 0 Å². The first kappa shape index (κ1) is 13.4. The minimum absolute atomic E-state index is 0.761. The quantitative estimate of drug-likeness (QED) is 0.846. The van der Waals surface area contributed by atoms with Crippen LogP contribution in [0.5, 0.6) is 0 Å². The summed E-state index contributed by atoms with van der Waals surface area (Å²) in [6.07, 6.45) is 4.53. The van der Waals surface area contributed by atoms with Crippen LogP contribution in [0.2, 0.25) is 0 Å². The van der Waals surface area contributed by atoms with Crippen molar-refractivity contribution in [1.82, 2.24) is 14.8 Å². The molecular formula is C17H21N3S. The minimum Gasteiger partial charge on any atom is -0.297 e. The number of nitrogens with zero attached hydrogens (tertiary/aromatic N) is 3. The fourth-order valence-electron chi connectivity index (χ4n) is 3.74. The Morgan fingerprint density at radius 2 is 1.90 bits per heavy atom. The maximum Gasteiger partial charge on any atom is 0.0794 e. The van der Waals surface area contributed by atoms with Crippen molar-refractivity contribution in [2.75, 3.05) is 19.6 Å². The van der Waals surface area contributed by atoms with E-state index in [-0.39, 0.29) is 0 Å². The zero-order valence-electron chi connectivity index (χ0n) is 12.2. The predicted octanol–water partition coefficient (Wildman–Crippen LogP) is 2.64. The lowest BCUT2D eigenvalue weighted by atomic mass is 10.2. The number of thiazole rings is 1. The van der Waals surface area contributed by atoms with E-state index < -0.39 is 0 Å². The topological polar surface area (TPSA) is 19.4 Å². The summed E-state index contributed by atoms with van der Waals surface area (Å²) in [6, 6.07) is 12.4. The monoisotopic (exact) mass is 299 g/mol. The largest absolute Gasteiger partial charge is 0.297 e. The van der Waals surface area contributed by atoms with Gasteiger partial charge in [0.25, 0.3) is 0 Å². The molecule has 1 aromatic heterocycles. The van der Waals surface area contributed by atoms with E-state index in [1.165, 1.54) is 36.5 Å². The zero-order chi connectivity index (χ0) is 14.1. The maximum atomic E-state index is 4.17. The molecule has 0 saturated carbocycles. The van der Waals surface area contributed by atoms with E-state index >= 15 is 0 Å². The highest BCUT2D eigenvalue weighted by Crippen LogP contribution is 2.31. The number of benzene rings is 1. The summed E-state index contributed by atoms with van der Waals surface area (Å²) in [5.41, 5.74) is 3.38. The molecule has 0 spiro atoms. The Morgan fingerprint density at radius 3 is 2.62 bits per heavy atom. The number of piperazine rings is 1. The van der Waals surface area contributed by atoms with Gasteiger partial charge in [-0.05, 0) is 18.4 Å². The fourth-order valence-corrected chi connectivity index (χ4v) is 4.32. The van der Waals surface area contributed by atoms with Crippen molar-refractivity contribution in [3.63, 3.8) is 0 Å². The lowest BCUT2D eigenvalue weighted by Gasteiger charge is -2.34. The first-order valence-corrected chi connectivity index (χ1v) is 8.66. The van der Waals surface area contributed by atoms with Crippen LogP contribution >= 0.6 is 11.3 Å². The van der Waals surface area contributed by atoms with Gasteiger partial charge in [0.2, 0.25) is 0 Å². The first-order valence-electron chi connectivity index (χ1n) is 7.78. The summed E-state index contributed by atoms with van der Waals surface area (Å²) in [6.45, 7) is 4.80. The summed E-state index contributed by atoms with van der Waals surface area (Å²) >= 11 is 1.78. The molecule has 0 N–H and O–H groups in total. The molecule has 2 saturated heterocycles. The molecule has 3 heterocycles. The Morgan fingerprint density at radius 1 is 1.10 bits per heavy atom. The lowest BCUT2D eigenvalue weighted by molar-refractivity contribution is 0.124. The van der Waals surface area contributed by atoms with Gasteiger partial charge in [0.05, 0.1) is 5.51 Å². The molecule has 0 amide bonds. The molecule has 3 nitrogen and oxygen atoms in total. The number of fused-ring (bicyclic) bond motifs is 2. The molecule has 0 radical (unpaired) electrons. The van der Waals surface area contributed by atoms with Gasteiger partial charge < -0.3 is 0 Å². The van der Waals surface area contributed by atoms with Gasteiger partial charge in [-0.25, -0.2) is 0 Å². The zero-order valence-corrected chi connectivity index (χ0v) is 13.0.